The molecule has 6 nitrogen and oxygen atoms in total. The summed E-state index contributed by atoms with van der Waals surface area (Å²) in [6.07, 6.45) is 4.39. The third kappa shape index (κ3) is 5.61. The number of guanidine groups is 1. The Morgan fingerprint density at radius 1 is 1.36 bits per heavy atom. The predicted molar refractivity (Wildman–Crippen MR) is 118 cm³/mol. The molecule has 0 saturated carbocycles. The van der Waals surface area contributed by atoms with Crippen molar-refractivity contribution in [1.29, 1.82) is 0 Å². The van der Waals surface area contributed by atoms with E-state index in [-0.39, 0.29) is 0 Å². The van der Waals surface area contributed by atoms with Gasteiger partial charge in [-0.2, -0.15) is 0 Å². The molecular formula is C21H31N5OS. The monoisotopic (exact) mass is 401 g/mol. The largest absolute Gasteiger partial charge is 0.495 e. The Hall–Kier alpha value is -2.28. The summed E-state index contributed by atoms with van der Waals surface area (Å²) in [6.45, 7) is 4.94. The zero-order chi connectivity index (χ0) is 19.8. The van der Waals surface area contributed by atoms with Gasteiger partial charge < -0.3 is 20.3 Å². The van der Waals surface area contributed by atoms with Gasteiger partial charge in [0.05, 0.1) is 17.8 Å². The summed E-state index contributed by atoms with van der Waals surface area (Å²) in [5.41, 5.74) is 2.29. The first-order valence-corrected chi connectivity index (χ1v) is 10.8. The van der Waals surface area contributed by atoms with Crippen molar-refractivity contribution in [2.75, 3.05) is 38.7 Å². The number of aryl methyl sites for hydroxylation is 2. The Labute approximate surface area is 172 Å². The van der Waals surface area contributed by atoms with Gasteiger partial charge in [-0.3, -0.25) is 4.99 Å². The van der Waals surface area contributed by atoms with Gasteiger partial charge >= 0.3 is 0 Å². The van der Waals surface area contributed by atoms with Gasteiger partial charge in [-0.25, -0.2) is 4.98 Å². The van der Waals surface area contributed by atoms with Crippen LogP contribution < -0.4 is 20.3 Å². The van der Waals surface area contributed by atoms with Gasteiger partial charge in [-0.05, 0) is 44.7 Å². The van der Waals surface area contributed by atoms with Crippen molar-refractivity contribution in [2.45, 2.75) is 38.6 Å². The first kappa shape index (κ1) is 20.5. The highest BCUT2D eigenvalue weighted by Crippen LogP contribution is 2.30. The van der Waals surface area contributed by atoms with Crippen molar-refractivity contribution >= 4 is 23.0 Å². The maximum atomic E-state index is 5.50. The molecule has 1 aromatic carbocycles. The maximum Gasteiger partial charge on any atom is 0.191 e. The van der Waals surface area contributed by atoms with Crippen molar-refractivity contribution in [1.82, 2.24) is 15.6 Å². The molecule has 3 rings (SSSR count). The summed E-state index contributed by atoms with van der Waals surface area (Å²) in [7, 11) is 3.56. The highest BCUT2D eigenvalue weighted by molar-refractivity contribution is 7.09. The minimum Gasteiger partial charge on any atom is -0.495 e. The number of ether oxygens (including phenoxy) is 1. The smallest absolute Gasteiger partial charge is 0.191 e. The van der Waals surface area contributed by atoms with Crippen LogP contribution in [0.15, 0.2) is 34.6 Å². The first-order chi connectivity index (χ1) is 13.7. The number of thiazole rings is 1. The summed E-state index contributed by atoms with van der Waals surface area (Å²) in [5.74, 6) is 1.82. The number of nitrogens with one attached hydrogen (secondary N) is 2. The van der Waals surface area contributed by atoms with Crippen molar-refractivity contribution in [3.05, 3.63) is 40.3 Å². The number of rotatable bonds is 8. The van der Waals surface area contributed by atoms with Gasteiger partial charge in [0, 0.05) is 43.8 Å². The zero-order valence-electron chi connectivity index (χ0n) is 17.1. The molecule has 1 saturated heterocycles. The van der Waals surface area contributed by atoms with E-state index in [0.29, 0.717) is 6.04 Å². The number of para-hydroxylation sites is 2. The second-order valence-corrected chi connectivity index (χ2v) is 8.03. The van der Waals surface area contributed by atoms with E-state index in [1.165, 1.54) is 5.01 Å². The summed E-state index contributed by atoms with van der Waals surface area (Å²) in [5, 5.41) is 10.4. The van der Waals surface area contributed by atoms with Crippen molar-refractivity contribution < 1.29 is 4.74 Å². The first-order valence-electron chi connectivity index (χ1n) is 9.95. The van der Waals surface area contributed by atoms with Crippen LogP contribution in [0.3, 0.4) is 0 Å². The van der Waals surface area contributed by atoms with Gasteiger partial charge in [-0.1, -0.05) is 12.1 Å². The fraction of sp³-hybridized carbons (Fsp3) is 0.524. The van der Waals surface area contributed by atoms with Crippen molar-refractivity contribution in [3.8, 4) is 5.75 Å². The van der Waals surface area contributed by atoms with Crippen LogP contribution in [0.1, 0.15) is 30.0 Å². The number of anilines is 1. The molecule has 2 aromatic rings. The lowest BCUT2D eigenvalue weighted by atomic mass is 10.2. The molecule has 0 amide bonds. The molecule has 0 aliphatic carbocycles. The van der Waals surface area contributed by atoms with E-state index in [0.717, 1.165) is 68.4 Å². The normalized spacial score (nSPS) is 17.0. The Bertz CT molecular complexity index is 776. The highest BCUT2D eigenvalue weighted by atomic mass is 32.1. The molecule has 152 valence electrons. The van der Waals surface area contributed by atoms with E-state index in [1.54, 1.807) is 18.4 Å². The van der Waals surface area contributed by atoms with Crippen molar-refractivity contribution in [3.63, 3.8) is 0 Å². The summed E-state index contributed by atoms with van der Waals surface area (Å²) in [4.78, 5) is 11.3. The van der Waals surface area contributed by atoms with Crippen LogP contribution in [-0.2, 0) is 6.42 Å². The van der Waals surface area contributed by atoms with E-state index in [2.05, 4.69) is 49.9 Å². The zero-order valence-corrected chi connectivity index (χ0v) is 17.9. The topological polar surface area (TPSA) is 61.8 Å². The van der Waals surface area contributed by atoms with E-state index in [9.17, 15) is 0 Å². The Morgan fingerprint density at radius 3 is 2.96 bits per heavy atom. The van der Waals surface area contributed by atoms with Crippen LogP contribution >= 0.6 is 11.3 Å². The lowest BCUT2D eigenvalue weighted by Gasteiger charge is -2.22. The molecule has 7 heteroatoms. The molecular weight excluding hydrogens is 370 g/mol. The molecule has 0 radical (unpaired) electrons. The molecule has 2 heterocycles. The van der Waals surface area contributed by atoms with Gasteiger partial charge in [0.2, 0.25) is 0 Å². The number of methoxy groups -OCH3 is 1. The van der Waals surface area contributed by atoms with Gasteiger partial charge in [0.1, 0.15) is 5.75 Å². The molecule has 1 aromatic heterocycles. The molecule has 1 atom stereocenters. The Balaban J connectivity index is 1.39. The molecule has 1 unspecified atom stereocenters. The third-order valence-electron chi connectivity index (χ3n) is 4.95. The summed E-state index contributed by atoms with van der Waals surface area (Å²) < 4.78 is 5.50. The minimum atomic E-state index is 0.384. The van der Waals surface area contributed by atoms with Gasteiger partial charge in [-0.15, -0.1) is 11.3 Å². The van der Waals surface area contributed by atoms with Crippen molar-refractivity contribution in [2.24, 2.45) is 4.99 Å². The fourth-order valence-corrected chi connectivity index (χ4v) is 4.32. The number of benzene rings is 1. The van der Waals surface area contributed by atoms with Gasteiger partial charge in [0.25, 0.3) is 0 Å². The minimum absolute atomic E-state index is 0.384. The highest BCUT2D eigenvalue weighted by Gasteiger charge is 2.25. The number of hydrogen-bond acceptors (Lipinski definition) is 5. The Kier molecular flexibility index (Phi) is 7.54. The summed E-state index contributed by atoms with van der Waals surface area (Å²) in [6, 6.07) is 8.60. The number of unbranched alkanes of at least 4 members (excludes halogenated alkanes) is 1. The number of aromatic nitrogens is 1. The summed E-state index contributed by atoms with van der Waals surface area (Å²) >= 11 is 1.76. The van der Waals surface area contributed by atoms with Crippen LogP contribution in [0.5, 0.6) is 5.75 Å². The maximum absolute atomic E-state index is 5.50. The van der Waals surface area contributed by atoms with E-state index in [1.807, 2.05) is 19.2 Å². The lowest BCUT2D eigenvalue weighted by molar-refractivity contribution is 0.415. The SMILES string of the molecule is CN=C(NCCCCc1nc(C)cs1)NC1CCN(c2ccccc2OC)C1. The number of hydrogen-bond donors (Lipinski definition) is 2. The molecule has 1 aliphatic rings. The number of aliphatic imine (C=N–C) groups is 1. The molecule has 1 aliphatic heterocycles. The second kappa shape index (κ2) is 10.3. The lowest BCUT2D eigenvalue weighted by Crippen LogP contribution is -2.44. The van der Waals surface area contributed by atoms with E-state index < -0.39 is 0 Å². The molecule has 1 fully saturated rings. The molecule has 0 spiro atoms. The van der Waals surface area contributed by atoms with Crippen LogP contribution in [0.2, 0.25) is 0 Å². The van der Waals surface area contributed by atoms with Crippen LogP contribution in [0.4, 0.5) is 5.69 Å². The predicted octanol–water partition coefficient (Wildman–Crippen LogP) is 3.23. The fourth-order valence-electron chi connectivity index (χ4n) is 3.50. The third-order valence-corrected chi connectivity index (χ3v) is 5.98. The second-order valence-electron chi connectivity index (χ2n) is 7.09. The standard InChI is InChI=1S/C21H31N5OS/c1-16-15-28-20(24-16)10-6-7-12-23-21(22-2)25-17-11-13-26(14-17)18-8-4-5-9-19(18)27-3/h4-5,8-9,15,17H,6-7,10-14H2,1-3H3,(H2,22,23,25). The van der Waals surface area contributed by atoms with Crippen LogP contribution in [0.25, 0.3) is 0 Å². The molecule has 2 N–H and O–H groups in total. The number of nitrogens with zero attached hydrogens (tertiary/aromatic N) is 3. The van der Waals surface area contributed by atoms with E-state index >= 15 is 0 Å². The van der Waals surface area contributed by atoms with Crippen LogP contribution in [-0.4, -0.2) is 50.8 Å². The Morgan fingerprint density at radius 2 is 2.21 bits per heavy atom. The molecule has 0 bridgehead atoms. The average Bonchev–Trinajstić information content (AvgIpc) is 3.35. The van der Waals surface area contributed by atoms with E-state index in [4.69, 9.17) is 4.74 Å². The quantitative estimate of drug-likeness (QED) is 0.404. The van der Waals surface area contributed by atoms with Gasteiger partial charge in [0.15, 0.2) is 5.96 Å². The van der Waals surface area contributed by atoms with Crippen LogP contribution in [0, 0.1) is 6.92 Å². The molecule has 28 heavy (non-hydrogen) atoms. The average molecular weight is 402 g/mol.